The summed E-state index contributed by atoms with van der Waals surface area (Å²) < 4.78 is 0. The van der Waals surface area contributed by atoms with Gasteiger partial charge in [-0.2, -0.15) is 0 Å². The Kier molecular flexibility index (Phi) is 5.60. The number of carboxylic acid groups (broad SMARTS) is 1. The Labute approximate surface area is 85.9 Å². The molecule has 1 aliphatic carbocycles. The van der Waals surface area contributed by atoms with Crippen molar-refractivity contribution in [1.82, 2.24) is 5.32 Å². The van der Waals surface area contributed by atoms with Crippen LogP contribution in [0.25, 0.3) is 0 Å². The van der Waals surface area contributed by atoms with Crippen molar-refractivity contribution in [1.29, 1.82) is 0 Å². The molecule has 0 bridgehead atoms. The van der Waals surface area contributed by atoms with Gasteiger partial charge in [0.05, 0.1) is 0 Å². The first-order chi connectivity index (χ1) is 6.79. The first-order valence-electron chi connectivity index (χ1n) is 5.71. The standard InChI is InChI=1S/C11H21NO2/c13-11(14)6-3-8-12-9-7-10-4-1-2-5-10/h10,12H,1-9H2,(H,13,14). The van der Waals surface area contributed by atoms with Crippen LogP contribution in [0.5, 0.6) is 0 Å². The SMILES string of the molecule is O=C(O)CCCNCCC1CCCC1. The number of hydrogen-bond acceptors (Lipinski definition) is 2. The van der Waals surface area contributed by atoms with Gasteiger partial charge in [-0.3, -0.25) is 4.79 Å². The van der Waals surface area contributed by atoms with Crippen LogP contribution in [-0.4, -0.2) is 24.2 Å². The van der Waals surface area contributed by atoms with Gasteiger partial charge in [-0.15, -0.1) is 0 Å². The van der Waals surface area contributed by atoms with E-state index >= 15 is 0 Å². The summed E-state index contributed by atoms with van der Waals surface area (Å²) in [4.78, 5) is 10.2. The highest BCUT2D eigenvalue weighted by Crippen LogP contribution is 2.26. The average molecular weight is 199 g/mol. The molecule has 0 aliphatic heterocycles. The predicted molar refractivity (Wildman–Crippen MR) is 56.3 cm³/mol. The van der Waals surface area contributed by atoms with Crippen molar-refractivity contribution in [3.8, 4) is 0 Å². The van der Waals surface area contributed by atoms with Crippen LogP contribution in [0.4, 0.5) is 0 Å². The molecule has 0 heterocycles. The first kappa shape index (κ1) is 11.5. The minimum absolute atomic E-state index is 0.288. The molecule has 2 N–H and O–H groups in total. The minimum atomic E-state index is -0.692. The quantitative estimate of drug-likeness (QED) is 0.617. The highest BCUT2D eigenvalue weighted by molar-refractivity contribution is 5.66. The lowest BCUT2D eigenvalue weighted by Crippen LogP contribution is -2.19. The summed E-state index contributed by atoms with van der Waals surface area (Å²) in [5.41, 5.74) is 0. The molecule has 3 heteroatoms. The van der Waals surface area contributed by atoms with E-state index in [0.717, 1.165) is 25.4 Å². The van der Waals surface area contributed by atoms with Gasteiger partial charge in [0.2, 0.25) is 0 Å². The van der Waals surface area contributed by atoms with Gasteiger partial charge < -0.3 is 10.4 Å². The molecular formula is C11H21NO2. The van der Waals surface area contributed by atoms with Crippen LogP contribution in [0.15, 0.2) is 0 Å². The lowest BCUT2D eigenvalue weighted by atomic mass is 10.0. The summed E-state index contributed by atoms with van der Waals surface area (Å²) in [5.74, 6) is 0.240. The smallest absolute Gasteiger partial charge is 0.303 e. The fraction of sp³-hybridized carbons (Fsp3) is 0.909. The molecule has 0 atom stereocenters. The fourth-order valence-corrected chi connectivity index (χ4v) is 2.09. The first-order valence-corrected chi connectivity index (χ1v) is 5.71. The normalized spacial score (nSPS) is 17.4. The number of hydrogen-bond donors (Lipinski definition) is 2. The molecule has 0 unspecified atom stereocenters. The topological polar surface area (TPSA) is 49.3 Å². The molecule has 0 aromatic rings. The molecule has 0 amide bonds. The van der Waals surface area contributed by atoms with Crippen LogP contribution >= 0.6 is 0 Å². The van der Waals surface area contributed by atoms with Gasteiger partial charge in [0.1, 0.15) is 0 Å². The molecule has 0 spiro atoms. The summed E-state index contributed by atoms with van der Waals surface area (Å²) in [7, 11) is 0. The van der Waals surface area contributed by atoms with E-state index in [0.29, 0.717) is 0 Å². The molecule has 14 heavy (non-hydrogen) atoms. The highest BCUT2D eigenvalue weighted by atomic mass is 16.4. The second kappa shape index (κ2) is 6.82. The second-order valence-electron chi connectivity index (χ2n) is 4.19. The third-order valence-corrected chi connectivity index (χ3v) is 2.95. The van der Waals surface area contributed by atoms with Gasteiger partial charge in [-0.25, -0.2) is 0 Å². The van der Waals surface area contributed by atoms with E-state index in [-0.39, 0.29) is 6.42 Å². The van der Waals surface area contributed by atoms with Crippen LogP contribution in [0.2, 0.25) is 0 Å². The average Bonchev–Trinajstić information content (AvgIpc) is 2.63. The maximum Gasteiger partial charge on any atom is 0.303 e. The Morgan fingerprint density at radius 2 is 2.00 bits per heavy atom. The number of carboxylic acids is 1. The van der Waals surface area contributed by atoms with E-state index in [2.05, 4.69) is 5.32 Å². The molecule has 1 aliphatic rings. The summed E-state index contributed by atoms with van der Waals surface area (Å²) in [6.07, 6.45) is 7.92. The van der Waals surface area contributed by atoms with Gasteiger partial charge in [-0.05, 0) is 31.8 Å². The van der Waals surface area contributed by atoms with E-state index in [4.69, 9.17) is 5.11 Å². The molecule has 1 fully saturated rings. The Bertz CT molecular complexity index is 165. The summed E-state index contributed by atoms with van der Waals surface area (Å²) >= 11 is 0. The van der Waals surface area contributed by atoms with Crippen molar-refractivity contribution in [3.63, 3.8) is 0 Å². The van der Waals surface area contributed by atoms with Gasteiger partial charge in [0.25, 0.3) is 0 Å². The third kappa shape index (κ3) is 5.22. The number of aliphatic carboxylic acids is 1. The third-order valence-electron chi connectivity index (χ3n) is 2.95. The lowest BCUT2D eigenvalue weighted by molar-refractivity contribution is -0.137. The van der Waals surface area contributed by atoms with Crippen molar-refractivity contribution in [2.24, 2.45) is 5.92 Å². The van der Waals surface area contributed by atoms with Crippen molar-refractivity contribution in [2.75, 3.05) is 13.1 Å². The van der Waals surface area contributed by atoms with E-state index < -0.39 is 5.97 Å². The zero-order chi connectivity index (χ0) is 10.2. The Morgan fingerprint density at radius 1 is 1.29 bits per heavy atom. The number of rotatable bonds is 7. The zero-order valence-corrected chi connectivity index (χ0v) is 8.80. The molecule has 0 radical (unpaired) electrons. The van der Waals surface area contributed by atoms with Crippen molar-refractivity contribution < 1.29 is 9.90 Å². The molecular weight excluding hydrogens is 178 g/mol. The predicted octanol–water partition coefficient (Wildman–Crippen LogP) is 2.02. The molecule has 0 aromatic heterocycles. The minimum Gasteiger partial charge on any atom is -0.481 e. The monoisotopic (exact) mass is 199 g/mol. The lowest BCUT2D eigenvalue weighted by Gasteiger charge is -2.08. The van der Waals surface area contributed by atoms with Crippen LogP contribution in [0, 0.1) is 5.92 Å². The highest BCUT2D eigenvalue weighted by Gasteiger charge is 2.13. The van der Waals surface area contributed by atoms with E-state index in [1.807, 2.05) is 0 Å². The van der Waals surface area contributed by atoms with Gasteiger partial charge >= 0.3 is 5.97 Å². The van der Waals surface area contributed by atoms with Crippen molar-refractivity contribution >= 4 is 5.97 Å². The van der Waals surface area contributed by atoms with E-state index in [9.17, 15) is 4.79 Å². The molecule has 1 saturated carbocycles. The Hall–Kier alpha value is -0.570. The maximum absolute atomic E-state index is 10.2. The maximum atomic E-state index is 10.2. The fourth-order valence-electron chi connectivity index (χ4n) is 2.09. The van der Waals surface area contributed by atoms with E-state index in [1.165, 1.54) is 32.1 Å². The van der Waals surface area contributed by atoms with E-state index in [1.54, 1.807) is 0 Å². The van der Waals surface area contributed by atoms with Crippen LogP contribution in [0.3, 0.4) is 0 Å². The summed E-state index contributed by atoms with van der Waals surface area (Å²) in [6.45, 7) is 1.91. The second-order valence-corrected chi connectivity index (χ2v) is 4.19. The van der Waals surface area contributed by atoms with Crippen molar-refractivity contribution in [3.05, 3.63) is 0 Å². The van der Waals surface area contributed by atoms with Gasteiger partial charge in [0.15, 0.2) is 0 Å². The Morgan fingerprint density at radius 3 is 2.64 bits per heavy atom. The van der Waals surface area contributed by atoms with Crippen LogP contribution in [0.1, 0.15) is 44.9 Å². The molecule has 0 aromatic carbocycles. The summed E-state index contributed by atoms with van der Waals surface area (Å²) in [6, 6.07) is 0. The largest absolute Gasteiger partial charge is 0.481 e. The molecule has 82 valence electrons. The van der Waals surface area contributed by atoms with Crippen LogP contribution < -0.4 is 5.32 Å². The zero-order valence-electron chi connectivity index (χ0n) is 8.80. The summed E-state index contributed by atoms with van der Waals surface area (Å²) in [5, 5.41) is 11.7. The van der Waals surface area contributed by atoms with Gasteiger partial charge in [-0.1, -0.05) is 25.7 Å². The molecule has 3 nitrogen and oxygen atoms in total. The number of nitrogens with one attached hydrogen (secondary N) is 1. The Balaban J connectivity index is 1.82. The molecule has 0 saturated heterocycles. The van der Waals surface area contributed by atoms with Crippen LogP contribution in [-0.2, 0) is 4.79 Å². The molecule has 1 rings (SSSR count). The van der Waals surface area contributed by atoms with Gasteiger partial charge in [0, 0.05) is 6.42 Å². The number of carbonyl (C=O) groups is 1. The van der Waals surface area contributed by atoms with Crippen molar-refractivity contribution in [2.45, 2.75) is 44.9 Å².